The second-order valence-corrected chi connectivity index (χ2v) is 7.89. The third-order valence-electron chi connectivity index (χ3n) is 5.05. The Hall–Kier alpha value is -1.36. The van der Waals surface area contributed by atoms with Crippen molar-refractivity contribution >= 4 is 21.4 Å². The molecule has 1 spiro atoms. The molecule has 1 saturated carbocycles. The Bertz CT molecular complexity index is 710. The monoisotopic (exact) mass is 290 g/mol. The minimum atomic E-state index is -3.25. The van der Waals surface area contributed by atoms with Gasteiger partial charge in [0.2, 0.25) is 10.0 Å². The number of anilines is 1. The van der Waals surface area contributed by atoms with Crippen LogP contribution in [0.4, 0.5) is 5.69 Å². The number of fused-ring (bicyclic) bond motifs is 1. The highest BCUT2D eigenvalue weighted by Crippen LogP contribution is 2.55. The minimum absolute atomic E-state index is 0.0323. The van der Waals surface area contributed by atoms with Crippen molar-refractivity contribution in [3.8, 4) is 0 Å². The molecule has 0 aromatic heterocycles. The lowest BCUT2D eigenvalue weighted by Gasteiger charge is -2.40. The van der Waals surface area contributed by atoms with Crippen molar-refractivity contribution in [2.45, 2.75) is 37.1 Å². The van der Waals surface area contributed by atoms with E-state index in [0.29, 0.717) is 0 Å². The number of aliphatic imine (C=N–C) groups is 1. The predicted octanol–water partition coefficient (Wildman–Crippen LogP) is 2.10. The number of nitrogens with zero attached hydrogens (tertiary/aromatic N) is 2. The van der Waals surface area contributed by atoms with Crippen LogP contribution in [0.5, 0.6) is 0 Å². The van der Waals surface area contributed by atoms with Crippen LogP contribution >= 0.6 is 0 Å². The molecule has 106 valence electrons. The van der Waals surface area contributed by atoms with Gasteiger partial charge >= 0.3 is 0 Å². The van der Waals surface area contributed by atoms with Crippen LogP contribution in [0.3, 0.4) is 0 Å². The molecule has 1 aliphatic carbocycles. The largest absolute Gasteiger partial charge is 0.293 e. The van der Waals surface area contributed by atoms with Crippen LogP contribution < -0.4 is 4.31 Å². The number of para-hydroxylation sites is 1. The van der Waals surface area contributed by atoms with Crippen LogP contribution in [0.2, 0.25) is 0 Å². The van der Waals surface area contributed by atoms with Crippen molar-refractivity contribution in [3.63, 3.8) is 0 Å². The summed E-state index contributed by atoms with van der Waals surface area (Å²) in [6.45, 7) is 0.831. The first kappa shape index (κ1) is 12.4. The average molecular weight is 290 g/mol. The SMILES string of the molecule is CS(=O)(=O)N1c2ccccc2[C@]23CCN=C2CCC[C@H]13. The van der Waals surface area contributed by atoms with Crippen molar-refractivity contribution in [2.24, 2.45) is 4.99 Å². The molecule has 4 rings (SSSR count). The van der Waals surface area contributed by atoms with Crippen LogP contribution in [-0.4, -0.2) is 33.0 Å². The summed E-state index contributed by atoms with van der Waals surface area (Å²) in [5, 5.41) is 0. The zero-order valence-corrected chi connectivity index (χ0v) is 12.4. The second kappa shape index (κ2) is 3.85. The summed E-state index contributed by atoms with van der Waals surface area (Å²) in [5.41, 5.74) is 3.13. The standard InChI is InChI=1S/C15H18N2O2S/c1-20(18,19)17-12-6-3-2-5-11(12)15-9-10-16-13(15)7-4-8-14(15)17/h2-3,5-6,14H,4,7-10H2,1H3/t14-,15+/m0/s1. The molecule has 2 heterocycles. The van der Waals surface area contributed by atoms with E-state index in [1.165, 1.54) is 17.5 Å². The summed E-state index contributed by atoms with van der Waals surface area (Å²) in [5.74, 6) is 0. The lowest BCUT2D eigenvalue weighted by molar-refractivity contribution is 0.412. The lowest BCUT2D eigenvalue weighted by atomic mass is 9.66. The Kier molecular flexibility index (Phi) is 2.38. The van der Waals surface area contributed by atoms with E-state index in [4.69, 9.17) is 4.99 Å². The molecule has 1 fully saturated rings. The normalized spacial score (nSPS) is 31.6. The highest BCUT2D eigenvalue weighted by Gasteiger charge is 2.58. The molecular formula is C15H18N2O2S. The maximum absolute atomic E-state index is 12.3. The lowest BCUT2D eigenvalue weighted by Crippen LogP contribution is -2.52. The van der Waals surface area contributed by atoms with E-state index in [9.17, 15) is 8.42 Å². The topological polar surface area (TPSA) is 49.7 Å². The molecule has 1 aromatic rings. The minimum Gasteiger partial charge on any atom is -0.293 e. The summed E-state index contributed by atoms with van der Waals surface area (Å²) in [6, 6.07) is 8.02. The van der Waals surface area contributed by atoms with E-state index in [-0.39, 0.29) is 11.5 Å². The predicted molar refractivity (Wildman–Crippen MR) is 80.0 cm³/mol. The maximum atomic E-state index is 12.3. The van der Waals surface area contributed by atoms with Gasteiger partial charge in [-0.1, -0.05) is 18.2 Å². The van der Waals surface area contributed by atoms with E-state index in [1.807, 2.05) is 18.2 Å². The van der Waals surface area contributed by atoms with Gasteiger partial charge in [0.05, 0.1) is 23.4 Å². The van der Waals surface area contributed by atoms with Crippen molar-refractivity contribution in [2.75, 3.05) is 17.1 Å². The highest BCUT2D eigenvalue weighted by atomic mass is 32.2. The van der Waals surface area contributed by atoms with E-state index in [1.54, 1.807) is 4.31 Å². The number of hydrogen-bond acceptors (Lipinski definition) is 3. The first-order valence-corrected chi connectivity index (χ1v) is 9.03. The van der Waals surface area contributed by atoms with Crippen molar-refractivity contribution in [1.29, 1.82) is 0 Å². The molecular weight excluding hydrogens is 272 g/mol. The van der Waals surface area contributed by atoms with E-state index < -0.39 is 10.0 Å². The first-order chi connectivity index (χ1) is 9.55. The summed E-state index contributed by atoms with van der Waals surface area (Å²) in [6.07, 6.45) is 5.26. The summed E-state index contributed by atoms with van der Waals surface area (Å²) in [7, 11) is -3.25. The molecule has 5 heteroatoms. The fourth-order valence-corrected chi connectivity index (χ4v) is 5.69. The average Bonchev–Trinajstić information content (AvgIpc) is 2.94. The molecule has 0 saturated heterocycles. The molecule has 3 aliphatic rings. The van der Waals surface area contributed by atoms with Gasteiger partial charge in [-0.05, 0) is 37.3 Å². The molecule has 0 bridgehead atoms. The van der Waals surface area contributed by atoms with Gasteiger partial charge in [0, 0.05) is 12.3 Å². The van der Waals surface area contributed by atoms with Crippen LogP contribution in [-0.2, 0) is 15.4 Å². The smallest absolute Gasteiger partial charge is 0.232 e. The fourth-order valence-electron chi connectivity index (χ4n) is 4.43. The van der Waals surface area contributed by atoms with Gasteiger partial charge in [-0.3, -0.25) is 9.30 Å². The Morgan fingerprint density at radius 3 is 2.95 bits per heavy atom. The molecule has 0 unspecified atom stereocenters. The van der Waals surface area contributed by atoms with Crippen molar-refractivity contribution < 1.29 is 8.42 Å². The van der Waals surface area contributed by atoms with Gasteiger partial charge in [0.1, 0.15) is 0 Å². The highest BCUT2D eigenvalue weighted by molar-refractivity contribution is 7.92. The Morgan fingerprint density at radius 1 is 1.35 bits per heavy atom. The number of benzene rings is 1. The first-order valence-electron chi connectivity index (χ1n) is 7.18. The van der Waals surface area contributed by atoms with E-state index in [0.717, 1.165) is 37.9 Å². The van der Waals surface area contributed by atoms with Gasteiger partial charge in [0.15, 0.2) is 0 Å². The summed E-state index contributed by atoms with van der Waals surface area (Å²) >= 11 is 0. The fraction of sp³-hybridized carbons (Fsp3) is 0.533. The maximum Gasteiger partial charge on any atom is 0.232 e. The number of hydrogen-bond donors (Lipinski definition) is 0. The van der Waals surface area contributed by atoms with E-state index in [2.05, 4.69) is 6.07 Å². The van der Waals surface area contributed by atoms with Crippen LogP contribution in [0.1, 0.15) is 31.2 Å². The van der Waals surface area contributed by atoms with Gasteiger partial charge in [-0.2, -0.15) is 0 Å². The zero-order valence-electron chi connectivity index (χ0n) is 11.5. The van der Waals surface area contributed by atoms with Gasteiger partial charge in [-0.15, -0.1) is 0 Å². The molecule has 2 atom stereocenters. The molecule has 1 aromatic carbocycles. The zero-order chi connectivity index (χ0) is 14.0. The molecule has 2 aliphatic heterocycles. The second-order valence-electron chi connectivity index (χ2n) is 6.03. The Balaban J connectivity index is 2.02. The molecule has 20 heavy (non-hydrogen) atoms. The van der Waals surface area contributed by atoms with Crippen molar-refractivity contribution in [3.05, 3.63) is 29.8 Å². The molecule has 0 radical (unpaired) electrons. The van der Waals surface area contributed by atoms with Crippen LogP contribution in [0, 0.1) is 0 Å². The quantitative estimate of drug-likeness (QED) is 0.795. The number of sulfonamides is 1. The van der Waals surface area contributed by atoms with Crippen LogP contribution in [0.25, 0.3) is 0 Å². The third kappa shape index (κ3) is 1.36. The van der Waals surface area contributed by atoms with Crippen LogP contribution in [0.15, 0.2) is 29.3 Å². The van der Waals surface area contributed by atoms with Gasteiger partial charge in [0.25, 0.3) is 0 Å². The van der Waals surface area contributed by atoms with E-state index >= 15 is 0 Å². The molecule has 4 nitrogen and oxygen atoms in total. The van der Waals surface area contributed by atoms with Gasteiger partial charge < -0.3 is 0 Å². The summed E-state index contributed by atoms with van der Waals surface area (Å²) < 4.78 is 26.3. The van der Waals surface area contributed by atoms with Gasteiger partial charge in [-0.25, -0.2) is 8.42 Å². The Labute approximate surface area is 119 Å². The van der Waals surface area contributed by atoms with Crippen molar-refractivity contribution in [1.82, 2.24) is 0 Å². The summed E-state index contributed by atoms with van der Waals surface area (Å²) in [4.78, 5) is 4.70. The molecule has 0 amide bonds. The third-order valence-corrected chi connectivity index (χ3v) is 6.21. The Morgan fingerprint density at radius 2 is 2.15 bits per heavy atom. The number of rotatable bonds is 1. The molecule has 0 N–H and O–H groups in total.